The van der Waals surface area contributed by atoms with Crippen LogP contribution in [0.1, 0.15) is 90.6 Å². The molecule has 6 aliphatic rings. The summed E-state index contributed by atoms with van der Waals surface area (Å²) in [7, 11) is 0. The fourth-order valence-electron chi connectivity index (χ4n) is 14.7. The Morgan fingerprint density at radius 2 is 0.624 bits per heavy atom. The van der Waals surface area contributed by atoms with Crippen LogP contribution in [-0.4, -0.2) is 59.8 Å². The normalized spacial score (nSPS) is 14.6. The molecule has 12 heterocycles. The van der Waals surface area contributed by atoms with E-state index in [1.54, 1.807) is 68.4 Å². The lowest BCUT2D eigenvalue weighted by molar-refractivity contribution is -0.140. The lowest BCUT2D eigenvalue weighted by Crippen LogP contribution is -2.26. The van der Waals surface area contributed by atoms with Crippen LogP contribution in [0.3, 0.4) is 0 Å². The Labute approximate surface area is 817 Å². The third kappa shape index (κ3) is 17.0. The first kappa shape index (κ1) is 94.5. The van der Waals surface area contributed by atoms with Crippen molar-refractivity contribution in [3.05, 3.63) is 397 Å². The largest absolute Gasteiger partial charge is 0.435 e. The second-order valence-corrected chi connectivity index (χ2v) is 30.7. The molecule has 0 fully saturated rings. The van der Waals surface area contributed by atoms with Crippen LogP contribution >= 0.6 is 0 Å². The van der Waals surface area contributed by atoms with E-state index in [-0.39, 0.29) is 164 Å². The number of hydrogen-bond acceptors (Lipinski definition) is 35. The zero-order chi connectivity index (χ0) is 105. The first-order chi connectivity index (χ1) is 71.6. The van der Waals surface area contributed by atoms with Crippen LogP contribution in [0.15, 0.2) is 217 Å². The standard InChI is InChI=1S/C34H9N15O.C32H11N13O.C31H7F11N10O/c1-15-5-22-23(6-16(15)11-35)43-29(42-22)19(14-38)30-47-32(28(41-4)31-44-24-7-17(12-36)20(39-2)9-25(24)45-31)49-33(48-30)34-46-26-8-18(13-37)21(40-3)10-27(26)50-34;1-15-8-21-22(9-16(15)12-33)39-27(38-21)18(14-35)28-43-30(45-31(44-28)32-42-19-6-4-5-7-25(19)46-32)26(37-3)29-40-23-10-17(13-34)20(36-2)11-24(23)41-29;1-8-3-13-14(4-10(8)30(37,38)39)46-24(45-13)9(7-43)25-50-27(22(44-2)26-47-15-5-11(31(40,41)42)12(32)6-16(15)48-26)52-28(51-25)29-49-21-19(35)17(33)18(34)20(36)23(21)53-29/h5-10H,1H3;4-11H,1H3;3-6H,1H3/b29-19-,31-28-;27-18-,29-26-;24-9-,26-22-. The molecule has 0 aliphatic carbocycles. The van der Waals surface area contributed by atoms with Crippen molar-refractivity contribution in [2.24, 2.45) is 59.9 Å². The van der Waals surface area contributed by atoms with Crippen molar-refractivity contribution in [3.8, 4) is 83.7 Å². The minimum Gasteiger partial charge on any atom is -0.435 e. The monoisotopic (exact) mass is 1980 g/mol. The Balaban J connectivity index is 0.000000141. The van der Waals surface area contributed by atoms with Gasteiger partial charge in [-0.05, 0) is 128 Å². The number of aryl methyl sites for hydroxylation is 3. The number of benzene rings is 9. The van der Waals surface area contributed by atoms with Crippen LogP contribution in [0.4, 0.5) is 65.4 Å². The van der Waals surface area contributed by atoms with E-state index in [0.29, 0.717) is 83.7 Å². The second-order valence-electron chi connectivity index (χ2n) is 30.7. The molecule has 149 heavy (non-hydrogen) atoms. The second kappa shape index (κ2) is 36.7. The van der Waals surface area contributed by atoms with Crippen LogP contribution in [0.2, 0.25) is 0 Å². The van der Waals surface area contributed by atoms with Crippen molar-refractivity contribution in [2.45, 2.75) is 33.1 Å². The van der Waals surface area contributed by atoms with Crippen molar-refractivity contribution >= 4 is 84.2 Å². The van der Waals surface area contributed by atoms with Gasteiger partial charge in [0.05, 0.1) is 173 Å². The average molecular weight is 1980 g/mol. The van der Waals surface area contributed by atoms with Gasteiger partial charge in [0.25, 0.3) is 34.8 Å². The van der Waals surface area contributed by atoms with Crippen LogP contribution < -0.4 is 64.3 Å². The van der Waals surface area contributed by atoms with Gasteiger partial charge < -0.3 is 13.3 Å². The van der Waals surface area contributed by atoms with E-state index in [1.807, 2.05) is 24.3 Å². The lowest BCUT2D eigenvalue weighted by Gasteiger charge is -2.08. The molecule has 0 N–H and O–H groups in total. The molecule has 52 heteroatoms. The summed E-state index contributed by atoms with van der Waals surface area (Å²) in [6, 6.07) is 40.0. The van der Waals surface area contributed by atoms with Gasteiger partial charge in [0, 0.05) is 6.07 Å². The number of rotatable bonds is 9. The molecule has 6 aromatic heterocycles. The highest BCUT2D eigenvalue weighted by molar-refractivity contribution is 5.86. The summed E-state index contributed by atoms with van der Waals surface area (Å²) >= 11 is 0. The van der Waals surface area contributed by atoms with Crippen LogP contribution in [0, 0.1) is 180 Å². The van der Waals surface area contributed by atoms with Gasteiger partial charge in [-0.1, -0.05) is 12.1 Å². The number of fused-ring (bicyclic) bond motifs is 9. The number of hydrogen-bond donors (Lipinski definition) is 0. The summed E-state index contributed by atoms with van der Waals surface area (Å²) in [5.41, 5.74) is -3.79. The summed E-state index contributed by atoms with van der Waals surface area (Å²) in [6.45, 7) is 50.6. The van der Waals surface area contributed by atoms with E-state index in [2.05, 4.69) is 167 Å². The highest BCUT2D eigenvalue weighted by Crippen LogP contribution is 2.39. The van der Waals surface area contributed by atoms with Crippen molar-refractivity contribution in [1.29, 1.82) is 42.1 Å². The van der Waals surface area contributed by atoms with Crippen molar-refractivity contribution in [2.75, 3.05) is 0 Å². The van der Waals surface area contributed by atoms with E-state index in [0.717, 1.165) is 13.0 Å². The Morgan fingerprint density at radius 1 is 0.302 bits per heavy atom. The minimum atomic E-state index is -5.14. The quantitative estimate of drug-likeness (QED) is 0.0426. The van der Waals surface area contributed by atoms with Gasteiger partial charge in [-0.3, -0.25) is 0 Å². The van der Waals surface area contributed by atoms with Crippen LogP contribution in [0.25, 0.3) is 131 Å². The summed E-state index contributed by atoms with van der Waals surface area (Å²) in [5.74, 6) is -16.7. The van der Waals surface area contributed by atoms with E-state index in [4.69, 9.17) is 52.7 Å². The molecule has 0 spiro atoms. The van der Waals surface area contributed by atoms with E-state index < -0.39 is 121 Å². The minimum absolute atomic E-state index is 0.00280. The maximum absolute atomic E-state index is 14.5. The number of alkyl halides is 6. The maximum atomic E-state index is 14.5. The molecule has 700 valence electrons. The van der Waals surface area contributed by atoms with E-state index in [1.165, 1.54) is 36.4 Å². The number of para-hydroxylation sites is 2. The topological polar surface area (TPSA) is 559 Å². The van der Waals surface area contributed by atoms with E-state index >= 15 is 0 Å². The molecule has 0 radical (unpaired) electrons. The molecule has 21 rings (SSSR count). The summed E-state index contributed by atoms with van der Waals surface area (Å²) in [4.78, 5) is 123. The van der Waals surface area contributed by atoms with Gasteiger partial charge in [0.2, 0.25) is 46.2 Å². The molecular weight excluding hydrogens is 1950 g/mol. The zero-order valence-corrected chi connectivity index (χ0v) is 73.8. The molecule has 0 bridgehead atoms. The molecule has 6 aliphatic heterocycles. The molecule has 0 amide bonds. The van der Waals surface area contributed by atoms with Gasteiger partial charge in [0.15, 0.2) is 98.2 Å². The SMILES string of the molecule is [C-]#[N+]/C(=C1/N=c2cc(C#N)c([N+]#[C-])cc2=N1)c1nc(/C(C#N)=C2/N=c3cc(C)c(C#N)cc3=N2)nc(-c2nc3cc(C#N)c([N+]#[C-])cc3o2)n1.[C-]#[N+]/C(=C1/N=c2cc(C#N)c([N+]#[C-])cc2=N1)c1nc(/C(C#N)=C2/N=c3cc(C)c(C#N)cc3=N2)nc(-c2nc3ccccc3o2)n1.[C-]#[N+]/C(=C1\N=c2cc(F)c(C(F)(F)F)cc2=N1)c1nc(/C(C#N)=C2/N=c3cc(C)c(C(F)(F)F)cc3=N2)nc(-c2nc3c(F)c(F)c(F)c(F)c3o2)n1. The number of nitriles is 8. The summed E-state index contributed by atoms with van der Waals surface area (Å²) in [6.07, 6.45) is -9.93. The van der Waals surface area contributed by atoms with Gasteiger partial charge in [-0.15, -0.1) is 0 Å². The molecule has 0 saturated carbocycles. The van der Waals surface area contributed by atoms with Crippen molar-refractivity contribution in [1.82, 2.24) is 59.8 Å². The summed E-state index contributed by atoms with van der Waals surface area (Å²) in [5, 5.41) is 79.4. The number of oxazole rings is 3. The predicted octanol–water partition coefficient (Wildman–Crippen LogP) is 11.6. The number of halogens is 11. The first-order valence-corrected chi connectivity index (χ1v) is 41.2. The lowest BCUT2D eigenvalue weighted by atomic mass is 10.1. The third-order valence-electron chi connectivity index (χ3n) is 21.7. The molecule has 9 aromatic carbocycles. The highest BCUT2D eigenvalue weighted by Gasteiger charge is 2.38. The highest BCUT2D eigenvalue weighted by atomic mass is 19.4. The Bertz CT molecular complexity index is 10300. The Morgan fingerprint density at radius 3 is 1.01 bits per heavy atom. The molecular formula is C97H27F11N38O3. The fraction of sp³-hybridized carbons (Fsp3) is 0.0515. The molecule has 0 atom stereocenters. The van der Waals surface area contributed by atoms with E-state index in [9.17, 15) is 90.4 Å². The maximum Gasteiger partial charge on any atom is 0.419 e. The average Bonchev–Trinajstić information content (AvgIpc) is 1.62. The smallest absolute Gasteiger partial charge is 0.419 e. The Hall–Kier alpha value is -23.4. The van der Waals surface area contributed by atoms with Gasteiger partial charge >= 0.3 is 12.4 Å². The number of allylic oxidation sites excluding steroid dienone is 3. The van der Waals surface area contributed by atoms with Gasteiger partial charge in [-0.2, -0.15) is 72.8 Å². The predicted molar refractivity (Wildman–Crippen MR) is 476 cm³/mol. The molecule has 0 saturated heterocycles. The molecule has 15 aromatic rings. The summed E-state index contributed by atoms with van der Waals surface area (Å²) < 4.78 is 169. The fourth-order valence-corrected chi connectivity index (χ4v) is 14.7. The number of aromatic nitrogens is 12. The Kier molecular flexibility index (Phi) is 23.3. The van der Waals surface area contributed by atoms with Crippen LogP contribution in [0.5, 0.6) is 0 Å². The zero-order valence-electron chi connectivity index (χ0n) is 73.8. The molecule has 0 unspecified atom stereocenters. The van der Waals surface area contributed by atoms with Gasteiger partial charge in [-0.25, -0.2) is 166 Å². The van der Waals surface area contributed by atoms with Gasteiger partial charge in [0.1, 0.15) is 57.4 Å². The van der Waals surface area contributed by atoms with Crippen molar-refractivity contribution in [3.63, 3.8) is 0 Å². The number of nitrogens with zero attached hydrogens (tertiary/aromatic N) is 38. The third-order valence-corrected chi connectivity index (χ3v) is 21.7. The van der Waals surface area contributed by atoms with Crippen LogP contribution in [-0.2, 0) is 12.4 Å². The van der Waals surface area contributed by atoms with Crippen molar-refractivity contribution < 1.29 is 61.5 Å². The molecule has 41 nitrogen and oxygen atoms in total. The first-order valence-electron chi connectivity index (χ1n) is 41.2.